The van der Waals surface area contributed by atoms with Gasteiger partial charge >= 0.3 is 0 Å². The first-order chi connectivity index (χ1) is 21.4. The van der Waals surface area contributed by atoms with Gasteiger partial charge in [0.05, 0.1) is 0 Å². The molecule has 0 spiro atoms. The van der Waals surface area contributed by atoms with Crippen LogP contribution < -0.4 is 0 Å². The zero-order valence-corrected chi connectivity index (χ0v) is 34.8. The molecular weight excluding hydrogens is 735 g/mol. The standard InChI is InChI=1S/2C21H23.C2H6Si.Hf/c2*1-13(2)18-11-17-7-6-8-19(21(17)12-18)20-10-14(3)9-15(4)16(20)5;1-3-2;/h2*6-13H,1-5H3;1-2H3;/q2*-1;;. The summed E-state index contributed by atoms with van der Waals surface area (Å²) in [6, 6.07) is 31.9. The summed E-state index contributed by atoms with van der Waals surface area (Å²) in [5.74, 6) is 1.15. The third-order valence-electron chi connectivity index (χ3n) is 9.08. The van der Waals surface area contributed by atoms with Gasteiger partial charge in [-0.3, -0.25) is 0 Å². The first-order valence-corrected chi connectivity index (χ1v) is 18.5. The van der Waals surface area contributed by atoms with E-state index in [1.807, 2.05) is 0 Å². The molecule has 0 amide bonds. The molecule has 6 rings (SSSR count). The minimum Gasteiger partial charge on any atom is -0.164 e. The fraction of sp³-hybridized carbons (Fsp3) is 0.318. The molecule has 0 aromatic heterocycles. The first kappa shape index (κ1) is 37.6. The van der Waals surface area contributed by atoms with Gasteiger partial charge in [0.1, 0.15) is 0 Å². The zero-order valence-electron chi connectivity index (χ0n) is 30.2. The maximum atomic E-state index is 2.37. The van der Waals surface area contributed by atoms with Crippen LogP contribution in [-0.4, -0.2) is 9.52 Å². The van der Waals surface area contributed by atoms with Gasteiger partial charge in [-0.15, -0.1) is 69.1 Å². The Morgan fingerprint density at radius 3 is 1.17 bits per heavy atom. The molecular formula is C44H52HfSi-2. The molecule has 0 fully saturated rings. The normalized spacial score (nSPS) is 10.9. The van der Waals surface area contributed by atoms with Crippen LogP contribution in [0.3, 0.4) is 0 Å². The van der Waals surface area contributed by atoms with Crippen LogP contribution in [0.25, 0.3) is 43.8 Å². The van der Waals surface area contributed by atoms with Crippen molar-refractivity contribution in [1.29, 1.82) is 0 Å². The summed E-state index contributed by atoms with van der Waals surface area (Å²) in [5, 5.41) is 5.48. The van der Waals surface area contributed by atoms with Crippen molar-refractivity contribution in [2.45, 2.75) is 94.2 Å². The van der Waals surface area contributed by atoms with E-state index in [1.54, 1.807) is 0 Å². The molecule has 0 heterocycles. The molecule has 0 nitrogen and oxygen atoms in total. The molecule has 0 saturated heterocycles. The second-order valence-corrected chi connectivity index (χ2v) is 14.5. The quantitative estimate of drug-likeness (QED) is 0.123. The molecule has 46 heavy (non-hydrogen) atoms. The largest absolute Gasteiger partial charge is 0.164 e. The smallest absolute Gasteiger partial charge is 0.0307 e. The number of rotatable bonds is 4. The van der Waals surface area contributed by atoms with Crippen molar-refractivity contribution in [1.82, 2.24) is 0 Å². The van der Waals surface area contributed by atoms with Crippen molar-refractivity contribution in [2.75, 3.05) is 0 Å². The van der Waals surface area contributed by atoms with Crippen molar-refractivity contribution in [2.24, 2.45) is 0 Å². The van der Waals surface area contributed by atoms with E-state index in [-0.39, 0.29) is 25.8 Å². The summed E-state index contributed by atoms with van der Waals surface area (Å²) in [6.07, 6.45) is 0. The van der Waals surface area contributed by atoms with Crippen molar-refractivity contribution in [3.05, 3.63) is 129 Å². The molecule has 0 saturated carbocycles. The van der Waals surface area contributed by atoms with Crippen LogP contribution in [0.1, 0.15) is 84.0 Å². The van der Waals surface area contributed by atoms with E-state index < -0.39 is 0 Å². The van der Waals surface area contributed by atoms with Crippen LogP contribution >= 0.6 is 0 Å². The second kappa shape index (κ2) is 16.3. The molecule has 0 unspecified atom stereocenters. The van der Waals surface area contributed by atoms with E-state index in [0.29, 0.717) is 11.8 Å². The van der Waals surface area contributed by atoms with Crippen LogP contribution in [0.4, 0.5) is 0 Å². The number of aryl methyl sites for hydroxylation is 4. The fourth-order valence-electron chi connectivity index (χ4n) is 6.29. The van der Waals surface area contributed by atoms with E-state index in [4.69, 9.17) is 0 Å². The molecule has 0 aliphatic carbocycles. The van der Waals surface area contributed by atoms with Crippen LogP contribution in [0.15, 0.2) is 84.9 Å². The second-order valence-electron chi connectivity index (χ2n) is 13.5. The molecule has 2 heteroatoms. The Labute approximate surface area is 301 Å². The molecule has 0 aliphatic heterocycles. The molecule has 0 atom stereocenters. The van der Waals surface area contributed by atoms with Gasteiger partial charge in [-0.2, -0.15) is 12.1 Å². The SMILES string of the molecule is C[Si]C.Cc1cc(C)c(C)c(-c2cccc3[cH-]c(C(C)C)cc23)c1.Cc1cc(C)c(C)c(-c2cccc3[cH-]c(C(C)C)cc23)c1.[Hf]. The minimum atomic E-state index is 0. The van der Waals surface area contributed by atoms with E-state index in [9.17, 15) is 0 Å². The van der Waals surface area contributed by atoms with Crippen molar-refractivity contribution >= 4 is 31.1 Å². The number of fused-ring (bicyclic) bond motifs is 2. The Morgan fingerprint density at radius 2 is 0.848 bits per heavy atom. The van der Waals surface area contributed by atoms with Crippen LogP contribution in [0.2, 0.25) is 13.1 Å². The van der Waals surface area contributed by atoms with Crippen LogP contribution in [0, 0.1) is 41.5 Å². The Bertz CT molecular complexity index is 1770. The topological polar surface area (TPSA) is 0 Å². The zero-order chi connectivity index (χ0) is 33.0. The molecule has 238 valence electrons. The molecule has 2 radical (unpaired) electrons. The summed E-state index contributed by atoms with van der Waals surface area (Å²) >= 11 is 0. The van der Waals surface area contributed by atoms with Crippen LogP contribution in [-0.2, 0) is 25.8 Å². The van der Waals surface area contributed by atoms with Gasteiger partial charge in [0.15, 0.2) is 0 Å². The van der Waals surface area contributed by atoms with Gasteiger partial charge in [-0.25, -0.2) is 0 Å². The van der Waals surface area contributed by atoms with E-state index in [2.05, 4.69) is 167 Å². The fourth-order valence-corrected chi connectivity index (χ4v) is 6.29. The predicted molar refractivity (Wildman–Crippen MR) is 204 cm³/mol. The molecule has 0 N–H and O–H groups in total. The van der Waals surface area contributed by atoms with E-state index in [1.165, 1.54) is 88.3 Å². The third kappa shape index (κ3) is 8.36. The maximum Gasteiger partial charge on any atom is 0.0307 e. The number of hydrogen-bond donors (Lipinski definition) is 0. The summed E-state index contributed by atoms with van der Waals surface area (Å²) < 4.78 is 0. The van der Waals surface area contributed by atoms with Crippen molar-refractivity contribution in [3.63, 3.8) is 0 Å². The first-order valence-electron chi connectivity index (χ1n) is 16.5. The van der Waals surface area contributed by atoms with E-state index in [0.717, 1.165) is 9.52 Å². The molecule has 6 aromatic carbocycles. The summed E-state index contributed by atoms with van der Waals surface area (Å²) in [7, 11) is 1.08. The average Bonchev–Trinajstić information content (AvgIpc) is 3.63. The monoisotopic (exact) mass is 788 g/mol. The Balaban J connectivity index is 0.000000226. The minimum absolute atomic E-state index is 0. The van der Waals surface area contributed by atoms with Gasteiger partial charge in [-0.1, -0.05) is 99.4 Å². The summed E-state index contributed by atoms with van der Waals surface area (Å²) in [5.41, 5.74) is 16.5. The number of hydrogen-bond acceptors (Lipinski definition) is 0. The molecule has 0 aliphatic rings. The van der Waals surface area contributed by atoms with Gasteiger partial charge in [0, 0.05) is 35.4 Å². The predicted octanol–water partition coefficient (Wildman–Crippen LogP) is 13.3. The Hall–Kier alpha value is -2.81. The Morgan fingerprint density at radius 1 is 0.500 bits per heavy atom. The summed E-state index contributed by atoms with van der Waals surface area (Å²) in [4.78, 5) is 0. The van der Waals surface area contributed by atoms with Crippen LogP contribution in [0.5, 0.6) is 0 Å². The molecule has 6 aromatic rings. The van der Waals surface area contributed by atoms with Gasteiger partial charge in [0.25, 0.3) is 0 Å². The van der Waals surface area contributed by atoms with Gasteiger partial charge < -0.3 is 0 Å². The summed E-state index contributed by atoms with van der Waals surface area (Å²) in [6.45, 7) is 26.6. The maximum absolute atomic E-state index is 2.37. The third-order valence-corrected chi connectivity index (χ3v) is 9.08. The molecule has 0 bridgehead atoms. The van der Waals surface area contributed by atoms with E-state index >= 15 is 0 Å². The van der Waals surface area contributed by atoms with Crippen molar-refractivity contribution < 1.29 is 25.8 Å². The average molecular weight is 787 g/mol. The van der Waals surface area contributed by atoms with Crippen molar-refractivity contribution in [3.8, 4) is 22.3 Å². The Kier molecular flexibility index (Phi) is 13.4. The van der Waals surface area contributed by atoms with Gasteiger partial charge in [0.2, 0.25) is 0 Å². The number of benzene rings is 4. The van der Waals surface area contributed by atoms with Gasteiger partial charge in [-0.05, 0) is 86.8 Å².